The van der Waals surface area contributed by atoms with Crippen molar-refractivity contribution in [3.8, 4) is 11.5 Å². The number of carbonyl (C=O) groups excluding carboxylic acids is 3. The van der Waals surface area contributed by atoms with E-state index in [9.17, 15) is 14.4 Å². The molecule has 0 aliphatic heterocycles. The second kappa shape index (κ2) is 9.98. The molecule has 0 fully saturated rings. The molecule has 156 valence electrons. The minimum Gasteiger partial charge on any atom is -0.493 e. The Morgan fingerprint density at radius 1 is 0.645 bits per heavy atom. The number of methoxy groups -OCH3 is 2. The van der Waals surface area contributed by atoms with E-state index in [1.165, 1.54) is 32.4 Å². The zero-order valence-corrected chi connectivity index (χ0v) is 16.9. The van der Waals surface area contributed by atoms with E-state index in [1.54, 1.807) is 60.7 Å². The van der Waals surface area contributed by atoms with Crippen LogP contribution < -0.4 is 9.47 Å². The maximum absolute atomic E-state index is 13.2. The number of oxime groups is 1. The fourth-order valence-electron chi connectivity index (χ4n) is 2.77. The Labute approximate surface area is 178 Å². The van der Waals surface area contributed by atoms with Crippen LogP contribution >= 0.6 is 0 Å². The summed E-state index contributed by atoms with van der Waals surface area (Å²) in [6, 6.07) is 21.0. The minimum absolute atomic E-state index is 0.137. The van der Waals surface area contributed by atoms with E-state index in [0.29, 0.717) is 17.1 Å². The lowest BCUT2D eigenvalue weighted by atomic mass is 10.0. The van der Waals surface area contributed by atoms with Crippen molar-refractivity contribution >= 4 is 23.2 Å². The topological polar surface area (TPSA) is 91.3 Å². The van der Waals surface area contributed by atoms with E-state index < -0.39 is 17.5 Å². The van der Waals surface area contributed by atoms with Crippen LogP contribution in [0.1, 0.15) is 26.3 Å². The summed E-state index contributed by atoms with van der Waals surface area (Å²) in [7, 11) is 2.94. The highest BCUT2D eigenvalue weighted by Gasteiger charge is 2.22. The van der Waals surface area contributed by atoms with Gasteiger partial charge in [-0.25, -0.2) is 4.79 Å². The first-order valence-corrected chi connectivity index (χ1v) is 9.26. The Hall–Kier alpha value is -4.26. The van der Waals surface area contributed by atoms with Crippen molar-refractivity contribution in [2.75, 3.05) is 14.2 Å². The molecule has 3 rings (SSSR count). The molecule has 7 heteroatoms. The van der Waals surface area contributed by atoms with E-state index >= 15 is 0 Å². The highest BCUT2D eigenvalue weighted by molar-refractivity contribution is 6.51. The standard InChI is InChI=1S/C24H19NO6/c1-29-19-14-13-18(15-20(19)30-2)22(26)21(16-9-5-3-6-10-16)25-31-24(28)23(27)17-11-7-4-8-12-17/h3-15H,1-2H3/b25-21+. The molecule has 3 aromatic carbocycles. The third-order valence-electron chi connectivity index (χ3n) is 4.35. The van der Waals surface area contributed by atoms with Gasteiger partial charge in [-0.1, -0.05) is 65.8 Å². The summed E-state index contributed by atoms with van der Waals surface area (Å²) < 4.78 is 10.4. The predicted octanol–water partition coefficient (Wildman–Crippen LogP) is 3.72. The number of Topliss-reactive ketones (excluding diaryl/α,β-unsaturated/α-hetero) is 2. The summed E-state index contributed by atoms with van der Waals surface area (Å²) in [5, 5.41) is 3.74. The smallest absolute Gasteiger partial charge is 0.405 e. The van der Waals surface area contributed by atoms with E-state index in [1.807, 2.05) is 0 Å². The Balaban J connectivity index is 1.93. The van der Waals surface area contributed by atoms with Crippen LogP contribution in [0.2, 0.25) is 0 Å². The zero-order valence-electron chi connectivity index (χ0n) is 16.9. The van der Waals surface area contributed by atoms with Crippen LogP contribution in [0.3, 0.4) is 0 Å². The first-order chi connectivity index (χ1) is 15.0. The molecule has 0 unspecified atom stereocenters. The Bertz CT molecular complexity index is 1120. The van der Waals surface area contributed by atoms with Gasteiger partial charge in [0.25, 0.3) is 5.78 Å². The number of nitrogens with zero attached hydrogens (tertiary/aromatic N) is 1. The number of carbonyl (C=O) groups is 3. The summed E-state index contributed by atoms with van der Waals surface area (Å²) >= 11 is 0. The Morgan fingerprint density at radius 2 is 1.23 bits per heavy atom. The van der Waals surface area contributed by atoms with Gasteiger partial charge < -0.3 is 14.3 Å². The van der Waals surface area contributed by atoms with Gasteiger partial charge in [-0.15, -0.1) is 0 Å². The van der Waals surface area contributed by atoms with Gasteiger partial charge >= 0.3 is 5.97 Å². The molecule has 0 aliphatic rings. The highest BCUT2D eigenvalue weighted by Crippen LogP contribution is 2.28. The van der Waals surface area contributed by atoms with Gasteiger partial charge in [0.05, 0.1) is 14.2 Å². The van der Waals surface area contributed by atoms with Crippen molar-refractivity contribution in [3.05, 3.63) is 95.6 Å². The van der Waals surface area contributed by atoms with Gasteiger partial charge in [0, 0.05) is 16.7 Å². The van der Waals surface area contributed by atoms with Gasteiger partial charge in [-0.05, 0) is 18.2 Å². The molecule has 0 amide bonds. The lowest BCUT2D eigenvalue weighted by Gasteiger charge is -2.10. The van der Waals surface area contributed by atoms with Crippen molar-refractivity contribution in [1.82, 2.24) is 0 Å². The summed E-state index contributed by atoms with van der Waals surface area (Å²) in [4.78, 5) is 42.4. The lowest BCUT2D eigenvalue weighted by molar-refractivity contribution is -0.138. The monoisotopic (exact) mass is 417 g/mol. The average Bonchev–Trinajstić information content (AvgIpc) is 2.84. The van der Waals surface area contributed by atoms with E-state index in [2.05, 4.69) is 5.16 Å². The molecule has 0 spiro atoms. The van der Waals surface area contributed by atoms with Gasteiger partial charge in [0.2, 0.25) is 5.78 Å². The van der Waals surface area contributed by atoms with Crippen molar-refractivity contribution in [2.24, 2.45) is 5.16 Å². The molecule has 0 aromatic heterocycles. The minimum atomic E-state index is -1.19. The van der Waals surface area contributed by atoms with Crippen LogP contribution in [0.15, 0.2) is 84.0 Å². The molecule has 0 N–H and O–H groups in total. The molecule has 0 aliphatic carbocycles. The van der Waals surface area contributed by atoms with Crippen LogP contribution in [0.4, 0.5) is 0 Å². The normalized spacial score (nSPS) is 10.8. The SMILES string of the molecule is COc1ccc(C(=O)/C(=N/OC(=O)C(=O)c2ccccc2)c2ccccc2)cc1OC. The molecule has 0 radical (unpaired) electrons. The first-order valence-electron chi connectivity index (χ1n) is 9.26. The highest BCUT2D eigenvalue weighted by atomic mass is 16.7. The number of rotatable bonds is 8. The molecule has 0 atom stereocenters. The van der Waals surface area contributed by atoms with Crippen LogP contribution in [-0.2, 0) is 9.63 Å². The van der Waals surface area contributed by atoms with Crippen molar-refractivity contribution < 1.29 is 28.7 Å². The molecule has 0 bridgehead atoms. The number of hydrogen-bond donors (Lipinski definition) is 0. The van der Waals surface area contributed by atoms with E-state index in [4.69, 9.17) is 14.3 Å². The van der Waals surface area contributed by atoms with Crippen molar-refractivity contribution in [1.29, 1.82) is 0 Å². The molecule has 31 heavy (non-hydrogen) atoms. The molecule has 7 nitrogen and oxygen atoms in total. The molecule has 0 heterocycles. The fraction of sp³-hybridized carbons (Fsp3) is 0.0833. The van der Waals surface area contributed by atoms with Gasteiger partial charge in [-0.2, -0.15) is 0 Å². The van der Waals surface area contributed by atoms with Gasteiger partial charge in [0.15, 0.2) is 17.2 Å². The van der Waals surface area contributed by atoms with Gasteiger partial charge in [-0.3, -0.25) is 9.59 Å². The average molecular weight is 417 g/mol. The zero-order chi connectivity index (χ0) is 22.2. The first kappa shape index (κ1) is 21.4. The predicted molar refractivity (Wildman–Crippen MR) is 114 cm³/mol. The fourth-order valence-corrected chi connectivity index (χ4v) is 2.77. The number of hydrogen-bond acceptors (Lipinski definition) is 7. The largest absolute Gasteiger partial charge is 0.493 e. The Kier molecular flexibility index (Phi) is 6.90. The summed E-state index contributed by atoms with van der Waals surface area (Å²) in [6.45, 7) is 0. The molecule has 0 saturated heterocycles. The third kappa shape index (κ3) is 5.02. The second-order valence-electron chi connectivity index (χ2n) is 6.28. The lowest BCUT2D eigenvalue weighted by Crippen LogP contribution is -2.20. The van der Waals surface area contributed by atoms with E-state index in [-0.39, 0.29) is 16.8 Å². The number of ether oxygens (including phenoxy) is 2. The van der Waals surface area contributed by atoms with Crippen molar-refractivity contribution in [3.63, 3.8) is 0 Å². The van der Waals surface area contributed by atoms with Crippen molar-refractivity contribution in [2.45, 2.75) is 0 Å². The summed E-state index contributed by atoms with van der Waals surface area (Å²) in [5.74, 6) is -1.77. The molecular weight excluding hydrogens is 398 g/mol. The maximum atomic E-state index is 13.2. The number of ketones is 2. The van der Waals surface area contributed by atoms with Crippen LogP contribution in [0, 0.1) is 0 Å². The molecule has 3 aromatic rings. The molecule has 0 saturated carbocycles. The van der Waals surface area contributed by atoms with Crippen LogP contribution in [0.25, 0.3) is 0 Å². The quantitative estimate of drug-likeness (QED) is 0.182. The molecular formula is C24H19NO6. The van der Waals surface area contributed by atoms with Crippen LogP contribution in [0.5, 0.6) is 11.5 Å². The maximum Gasteiger partial charge on any atom is 0.405 e. The third-order valence-corrected chi connectivity index (χ3v) is 4.35. The van der Waals surface area contributed by atoms with Crippen LogP contribution in [-0.4, -0.2) is 37.5 Å². The van der Waals surface area contributed by atoms with E-state index in [0.717, 1.165) is 0 Å². The number of benzene rings is 3. The summed E-state index contributed by atoms with van der Waals surface area (Å²) in [6.07, 6.45) is 0. The van der Waals surface area contributed by atoms with Gasteiger partial charge in [0.1, 0.15) is 0 Å². The Morgan fingerprint density at radius 3 is 1.81 bits per heavy atom. The second-order valence-corrected chi connectivity index (χ2v) is 6.28. The summed E-state index contributed by atoms with van der Waals surface area (Å²) in [5.41, 5.74) is 0.685.